The van der Waals surface area contributed by atoms with Gasteiger partial charge in [-0.25, -0.2) is 8.93 Å². The molecule has 0 saturated carbocycles. The second kappa shape index (κ2) is 17.5. The van der Waals surface area contributed by atoms with Crippen LogP contribution < -0.4 is 4.72 Å². The third-order valence-corrected chi connectivity index (χ3v) is 8.41. The summed E-state index contributed by atoms with van der Waals surface area (Å²) in [4.78, 5) is 17.0. The average molecular weight is 529 g/mol. The van der Waals surface area contributed by atoms with E-state index in [1.807, 2.05) is 69.6 Å². The van der Waals surface area contributed by atoms with Gasteiger partial charge in [-0.3, -0.25) is 9.78 Å². The van der Waals surface area contributed by atoms with Gasteiger partial charge in [-0.15, -0.1) is 0 Å². The molecule has 0 amide bonds. The van der Waals surface area contributed by atoms with Crippen molar-refractivity contribution in [3.8, 4) is 0 Å². The SMILES string of the molecule is COC(=O)[C@@H](c1ccccc1)[C@@H](CCCCCCCCCCCCc1cccnc1)N[S@](=O)C(C)(C)C. The van der Waals surface area contributed by atoms with E-state index in [2.05, 4.69) is 15.8 Å². The third-order valence-electron chi connectivity index (χ3n) is 6.78. The summed E-state index contributed by atoms with van der Waals surface area (Å²) in [5.74, 6) is -0.759. The number of nitrogens with zero attached hydrogens (tertiary/aromatic N) is 1. The summed E-state index contributed by atoms with van der Waals surface area (Å²) in [5.41, 5.74) is 2.24. The molecule has 0 radical (unpaired) electrons. The molecule has 0 aliphatic rings. The van der Waals surface area contributed by atoms with Crippen molar-refractivity contribution in [1.82, 2.24) is 9.71 Å². The standard InChI is InChI=1S/C31H48N2O3S/c1-31(2,3)37(35)33-28(29(30(34)36-4)27-21-15-13-16-22-27)23-17-12-10-8-6-5-7-9-11-14-19-26-20-18-24-32-25-26/h13,15-16,18,20-22,24-25,28-29,33H,5-12,14,17,19,23H2,1-4H3/t28-,29+,37-/m1/s1. The van der Waals surface area contributed by atoms with Crippen LogP contribution >= 0.6 is 0 Å². The van der Waals surface area contributed by atoms with Crippen LogP contribution in [0.5, 0.6) is 0 Å². The van der Waals surface area contributed by atoms with E-state index in [9.17, 15) is 9.00 Å². The van der Waals surface area contributed by atoms with Crippen LogP contribution in [0.15, 0.2) is 54.9 Å². The maximum atomic E-state index is 12.9. The molecule has 206 valence electrons. The molecule has 0 unspecified atom stereocenters. The van der Waals surface area contributed by atoms with Gasteiger partial charge in [-0.05, 0) is 57.2 Å². The highest BCUT2D eigenvalue weighted by Gasteiger charge is 2.33. The van der Waals surface area contributed by atoms with Crippen molar-refractivity contribution in [2.45, 2.75) is 115 Å². The number of methoxy groups -OCH3 is 1. The summed E-state index contributed by atoms with van der Waals surface area (Å²) in [6.07, 6.45) is 18.0. The Morgan fingerprint density at radius 3 is 2.03 bits per heavy atom. The van der Waals surface area contributed by atoms with E-state index < -0.39 is 21.7 Å². The monoisotopic (exact) mass is 528 g/mol. The fourth-order valence-electron chi connectivity index (χ4n) is 4.58. The molecule has 0 saturated heterocycles. The Morgan fingerprint density at radius 2 is 1.49 bits per heavy atom. The summed E-state index contributed by atoms with van der Waals surface area (Å²) in [6.45, 7) is 5.84. The summed E-state index contributed by atoms with van der Waals surface area (Å²) >= 11 is 0. The zero-order valence-electron chi connectivity index (χ0n) is 23.4. The Morgan fingerprint density at radius 1 is 0.892 bits per heavy atom. The molecular weight excluding hydrogens is 480 g/mol. The number of carbonyl (C=O) groups excluding carboxylic acids is 1. The van der Waals surface area contributed by atoms with Crippen LogP contribution in [0.3, 0.4) is 0 Å². The summed E-state index contributed by atoms with van der Waals surface area (Å²) in [5, 5.41) is 0. The molecule has 3 atom stereocenters. The van der Waals surface area contributed by atoms with Gasteiger partial charge in [0, 0.05) is 18.4 Å². The van der Waals surface area contributed by atoms with Gasteiger partial charge in [0.05, 0.1) is 28.8 Å². The second-order valence-corrected chi connectivity index (χ2v) is 13.0. The highest BCUT2D eigenvalue weighted by molar-refractivity contribution is 7.84. The van der Waals surface area contributed by atoms with E-state index in [4.69, 9.17) is 4.74 Å². The maximum absolute atomic E-state index is 12.9. The first-order valence-electron chi connectivity index (χ1n) is 14.0. The van der Waals surface area contributed by atoms with Gasteiger partial charge in [-0.2, -0.15) is 0 Å². The molecule has 5 nitrogen and oxygen atoms in total. The fourth-order valence-corrected chi connectivity index (χ4v) is 5.46. The molecule has 1 N–H and O–H groups in total. The lowest BCUT2D eigenvalue weighted by molar-refractivity contribution is -0.143. The predicted octanol–water partition coefficient (Wildman–Crippen LogP) is 7.29. The first-order chi connectivity index (χ1) is 17.8. The quantitative estimate of drug-likeness (QED) is 0.163. The van der Waals surface area contributed by atoms with Crippen LogP contribution in [0.2, 0.25) is 0 Å². The zero-order chi connectivity index (χ0) is 26.9. The van der Waals surface area contributed by atoms with E-state index in [1.165, 1.54) is 64.0 Å². The number of benzene rings is 1. The highest BCUT2D eigenvalue weighted by atomic mass is 32.2. The maximum Gasteiger partial charge on any atom is 0.314 e. The lowest BCUT2D eigenvalue weighted by Gasteiger charge is -2.29. The lowest BCUT2D eigenvalue weighted by Crippen LogP contribution is -2.45. The molecule has 1 aromatic carbocycles. The minimum absolute atomic E-state index is 0.235. The highest BCUT2D eigenvalue weighted by Crippen LogP contribution is 2.27. The molecular formula is C31H48N2O3S. The predicted molar refractivity (Wildman–Crippen MR) is 155 cm³/mol. The fraction of sp³-hybridized carbons (Fsp3) is 0.613. The van der Waals surface area contributed by atoms with Crippen LogP contribution in [0, 0.1) is 0 Å². The Hall–Kier alpha value is -2.05. The van der Waals surface area contributed by atoms with Crippen molar-refractivity contribution in [3.05, 3.63) is 66.0 Å². The number of aryl methyl sites for hydroxylation is 1. The lowest BCUT2D eigenvalue weighted by atomic mass is 9.88. The number of nitrogens with one attached hydrogen (secondary N) is 1. The summed E-state index contributed by atoms with van der Waals surface area (Å²) in [6, 6.07) is 13.7. The number of aromatic nitrogens is 1. The molecule has 0 fully saturated rings. The van der Waals surface area contributed by atoms with E-state index in [0.29, 0.717) is 0 Å². The first-order valence-corrected chi connectivity index (χ1v) is 15.2. The second-order valence-electron chi connectivity index (χ2n) is 11.0. The zero-order valence-corrected chi connectivity index (χ0v) is 24.2. The molecule has 0 aliphatic carbocycles. The van der Waals surface area contributed by atoms with Crippen molar-refractivity contribution < 1.29 is 13.7 Å². The van der Waals surface area contributed by atoms with Crippen LogP contribution in [-0.4, -0.2) is 33.1 Å². The topological polar surface area (TPSA) is 68.3 Å². The van der Waals surface area contributed by atoms with Gasteiger partial charge >= 0.3 is 5.97 Å². The molecule has 1 heterocycles. The molecule has 6 heteroatoms. The Labute approximate surface area is 227 Å². The van der Waals surface area contributed by atoms with Gasteiger partial charge in [0.1, 0.15) is 0 Å². The summed E-state index contributed by atoms with van der Waals surface area (Å²) < 4.78 is 21.0. The average Bonchev–Trinajstić information content (AvgIpc) is 2.89. The molecule has 0 bridgehead atoms. The number of hydrogen-bond donors (Lipinski definition) is 1. The minimum atomic E-state index is -1.27. The van der Waals surface area contributed by atoms with Gasteiger partial charge in [0.25, 0.3) is 0 Å². The molecule has 1 aromatic heterocycles. The smallest absolute Gasteiger partial charge is 0.314 e. The van der Waals surface area contributed by atoms with Crippen molar-refractivity contribution in [2.75, 3.05) is 7.11 Å². The van der Waals surface area contributed by atoms with E-state index in [-0.39, 0.29) is 12.0 Å². The van der Waals surface area contributed by atoms with Crippen molar-refractivity contribution in [3.63, 3.8) is 0 Å². The van der Waals surface area contributed by atoms with Crippen LogP contribution in [0.25, 0.3) is 0 Å². The van der Waals surface area contributed by atoms with Crippen LogP contribution in [0.1, 0.15) is 108 Å². The Bertz CT molecular complexity index is 900. The number of ether oxygens (including phenoxy) is 1. The molecule has 0 aliphatic heterocycles. The summed E-state index contributed by atoms with van der Waals surface area (Å²) in [7, 11) is 0.160. The minimum Gasteiger partial charge on any atom is -0.469 e. The van der Waals surface area contributed by atoms with Gasteiger partial charge in [0.15, 0.2) is 0 Å². The van der Waals surface area contributed by atoms with Crippen LogP contribution in [-0.2, 0) is 26.9 Å². The number of rotatable bonds is 18. The van der Waals surface area contributed by atoms with Gasteiger partial charge in [-0.1, -0.05) is 94.2 Å². The first kappa shape index (κ1) is 31.2. The molecule has 37 heavy (non-hydrogen) atoms. The van der Waals surface area contributed by atoms with Gasteiger partial charge < -0.3 is 4.74 Å². The largest absolute Gasteiger partial charge is 0.469 e. The number of pyridine rings is 1. The Kier molecular flexibility index (Phi) is 14.7. The molecule has 0 spiro atoms. The molecule has 2 rings (SSSR count). The number of unbranched alkanes of at least 4 members (excludes halogenated alkanes) is 9. The van der Waals surface area contributed by atoms with E-state index >= 15 is 0 Å². The van der Waals surface area contributed by atoms with Crippen molar-refractivity contribution >= 4 is 17.0 Å². The van der Waals surface area contributed by atoms with Crippen molar-refractivity contribution in [1.29, 1.82) is 0 Å². The van der Waals surface area contributed by atoms with E-state index in [1.54, 1.807) is 0 Å². The van der Waals surface area contributed by atoms with Crippen LogP contribution in [0.4, 0.5) is 0 Å². The number of esters is 1. The third kappa shape index (κ3) is 12.4. The number of carbonyl (C=O) groups is 1. The number of hydrogen-bond acceptors (Lipinski definition) is 4. The molecule has 2 aromatic rings. The van der Waals surface area contributed by atoms with E-state index in [0.717, 1.165) is 31.2 Å². The van der Waals surface area contributed by atoms with Gasteiger partial charge in [0.2, 0.25) is 0 Å². The van der Waals surface area contributed by atoms with Crippen molar-refractivity contribution in [2.24, 2.45) is 0 Å². The Balaban J connectivity index is 1.71. The normalized spacial score (nSPS) is 14.2.